The second kappa shape index (κ2) is 4.05. The minimum Gasteiger partial charge on any atom is -0.480 e. The van der Waals surface area contributed by atoms with E-state index in [0.29, 0.717) is 17.1 Å². The van der Waals surface area contributed by atoms with E-state index >= 15 is 0 Å². The van der Waals surface area contributed by atoms with E-state index in [1.807, 2.05) is 0 Å². The van der Waals surface area contributed by atoms with Crippen molar-refractivity contribution in [2.24, 2.45) is 0 Å². The summed E-state index contributed by atoms with van der Waals surface area (Å²) in [5, 5.41) is 8.34. The van der Waals surface area contributed by atoms with Gasteiger partial charge in [0, 0.05) is 6.20 Å². The topological polar surface area (TPSA) is 85.5 Å². The third-order valence-electron chi connectivity index (χ3n) is 1.66. The molecule has 6 nitrogen and oxygen atoms in total. The van der Waals surface area contributed by atoms with Crippen molar-refractivity contribution in [1.82, 2.24) is 9.97 Å². The smallest absolute Gasteiger partial charge is 0.329 e. The van der Waals surface area contributed by atoms with Crippen molar-refractivity contribution in [3.05, 3.63) is 24.2 Å². The molecule has 1 N–H and O–H groups in total. The van der Waals surface area contributed by atoms with Crippen LogP contribution in [0.5, 0.6) is 0 Å². The van der Waals surface area contributed by atoms with Crippen LogP contribution in [0.15, 0.2) is 22.7 Å². The molecule has 2 aromatic heterocycles. The Balaban J connectivity index is 2.05. The van der Waals surface area contributed by atoms with Crippen LogP contribution in [0.3, 0.4) is 0 Å². The molecule has 0 saturated heterocycles. The second-order valence-corrected chi connectivity index (χ2v) is 2.82. The molecule has 2 heterocycles. The number of carboxylic acids is 1. The zero-order chi connectivity index (χ0) is 10.7. The van der Waals surface area contributed by atoms with E-state index in [1.165, 1.54) is 0 Å². The third kappa shape index (κ3) is 2.29. The number of rotatable bonds is 4. The van der Waals surface area contributed by atoms with Crippen LogP contribution in [0.25, 0.3) is 11.2 Å². The van der Waals surface area contributed by atoms with Crippen molar-refractivity contribution < 1.29 is 19.1 Å². The zero-order valence-corrected chi connectivity index (χ0v) is 7.71. The molecule has 15 heavy (non-hydrogen) atoms. The highest BCUT2D eigenvalue weighted by atomic mass is 16.5. The third-order valence-corrected chi connectivity index (χ3v) is 1.66. The molecule has 78 valence electrons. The maximum Gasteiger partial charge on any atom is 0.329 e. The Kier molecular flexibility index (Phi) is 2.59. The number of ether oxygens (including phenoxy) is 1. The number of pyridine rings is 1. The number of aliphatic carboxylic acids is 1. The fourth-order valence-corrected chi connectivity index (χ4v) is 1.10. The molecule has 0 unspecified atom stereocenters. The highest BCUT2D eigenvalue weighted by molar-refractivity contribution is 5.68. The zero-order valence-electron chi connectivity index (χ0n) is 7.71. The SMILES string of the molecule is O=C(O)COCc1nc2ncccc2o1. The number of hydrogen-bond donors (Lipinski definition) is 1. The molecule has 0 saturated carbocycles. The molecule has 0 aliphatic carbocycles. The van der Waals surface area contributed by atoms with Gasteiger partial charge in [-0.15, -0.1) is 0 Å². The van der Waals surface area contributed by atoms with E-state index in [9.17, 15) is 4.79 Å². The molecule has 6 heteroatoms. The fourth-order valence-electron chi connectivity index (χ4n) is 1.10. The van der Waals surface area contributed by atoms with Crippen LogP contribution in [0.4, 0.5) is 0 Å². The minimum absolute atomic E-state index is 0.0304. The Hall–Kier alpha value is -1.95. The Morgan fingerprint density at radius 2 is 2.47 bits per heavy atom. The van der Waals surface area contributed by atoms with Crippen molar-refractivity contribution in [3.63, 3.8) is 0 Å². The predicted molar refractivity (Wildman–Crippen MR) is 49.1 cm³/mol. The van der Waals surface area contributed by atoms with Crippen LogP contribution in [0, 0.1) is 0 Å². The van der Waals surface area contributed by atoms with Gasteiger partial charge in [0.15, 0.2) is 11.2 Å². The number of carbonyl (C=O) groups is 1. The summed E-state index contributed by atoms with van der Waals surface area (Å²) >= 11 is 0. The molecule has 0 spiro atoms. The lowest BCUT2D eigenvalue weighted by Gasteiger charge is -1.94. The summed E-state index contributed by atoms with van der Waals surface area (Å²) in [7, 11) is 0. The van der Waals surface area contributed by atoms with E-state index in [0.717, 1.165) is 0 Å². The van der Waals surface area contributed by atoms with Crippen molar-refractivity contribution in [2.75, 3.05) is 6.61 Å². The second-order valence-electron chi connectivity index (χ2n) is 2.82. The lowest BCUT2D eigenvalue weighted by Crippen LogP contribution is -2.06. The van der Waals surface area contributed by atoms with Gasteiger partial charge in [0.2, 0.25) is 5.89 Å². The lowest BCUT2D eigenvalue weighted by atomic mass is 10.5. The number of hydrogen-bond acceptors (Lipinski definition) is 5. The number of aromatic nitrogens is 2. The molecule has 0 bridgehead atoms. The van der Waals surface area contributed by atoms with Crippen molar-refractivity contribution in [3.8, 4) is 0 Å². The molecule has 2 rings (SSSR count). The summed E-state index contributed by atoms with van der Waals surface area (Å²) in [4.78, 5) is 18.2. The Bertz CT molecular complexity index is 447. The van der Waals surface area contributed by atoms with Crippen LogP contribution >= 0.6 is 0 Å². The lowest BCUT2D eigenvalue weighted by molar-refractivity contribution is -0.142. The molecule has 0 aliphatic heterocycles. The van der Waals surface area contributed by atoms with E-state index in [-0.39, 0.29) is 13.2 Å². The van der Waals surface area contributed by atoms with Gasteiger partial charge in [0.05, 0.1) is 0 Å². The van der Waals surface area contributed by atoms with Crippen molar-refractivity contribution >= 4 is 17.2 Å². The van der Waals surface area contributed by atoms with Gasteiger partial charge in [-0.05, 0) is 12.1 Å². The molecule has 2 aromatic rings. The average molecular weight is 208 g/mol. The molecule has 0 amide bonds. The largest absolute Gasteiger partial charge is 0.480 e. The minimum atomic E-state index is -1.02. The van der Waals surface area contributed by atoms with Gasteiger partial charge in [0.25, 0.3) is 0 Å². The van der Waals surface area contributed by atoms with Crippen LogP contribution in [0.1, 0.15) is 5.89 Å². The maximum atomic E-state index is 10.2. The normalized spacial score (nSPS) is 10.7. The summed E-state index contributed by atoms with van der Waals surface area (Å²) < 4.78 is 10.1. The molecular weight excluding hydrogens is 200 g/mol. The molecule has 0 aromatic carbocycles. The Labute approximate surface area is 84.5 Å². The summed E-state index contributed by atoms with van der Waals surface area (Å²) in [6, 6.07) is 3.46. The first-order valence-corrected chi connectivity index (χ1v) is 4.25. The van der Waals surface area contributed by atoms with Crippen molar-refractivity contribution in [1.29, 1.82) is 0 Å². The summed E-state index contributed by atoms with van der Waals surface area (Å²) in [6.07, 6.45) is 1.60. The van der Waals surface area contributed by atoms with E-state index < -0.39 is 5.97 Å². The van der Waals surface area contributed by atoms with Gasteiger partial charge in [-0.1, -0.05) is 0 Å². The molecule has 0 radical (unpaired) electrons. The fraction of sp³-hybridized carbons (Fsp3) is 0.222. The van der Waals surface area contributed by atoms with Crippen LogP contribution in [-0.2, 0) is 16.1 Å². The molecule has 0 aliphatic rings. The average Bonchev–Trinajstić information content (AvgIpc) is 2.59. The number of oxazole rings is 1. The van der Waals surface area contributed by atoms with E-state index in [4.69, 9.17) is 14.3 Å². The summed E-state index contributed by atoms with van der Waals surface area (Å²) in [6.45, 7) is -0.338. The summed E-state index contributed by atoms with van der Waals surface area (Å²) in [5.74, 6) is -0.700. The quantitative estimate of drug-likeness (QED) is 0.800. The number of carboxylic acid groups (broad SMARTS) is 1. The predicted octanol–water partition coefficient (Wildman–Crippen LogP) is 0.824. The molecular formula is C9H8N2O4. The van der Waals surface area contributed by atoms with Gasteiger partial charge >= 0.3 is 5.97 Å². The van der Waals surface area contributed by atoms with Gasteiger partial charge in [-0.2, -0.15) is 4.98 Å². The van der Waals surface area contributed by atoms with Gasteiger partial charge in [-0.3, -0.25) is 0 Å². The molecule has 0 fully saturated rings. The van der Waals surface area contributed by atoms with Crippen LogP contribution < -0.4 is 0 Å². The monoisotopic (exact) mass is 208 g/mol. The van der Waals surface area contributed by atoms with Gasteiger partial charge < -0.3 is 14.3 Å². The van der Waals surface area contributed by atoms with Gasteiger partial charge in [-0.25, -0.2) is 9.78 Å². The van der Waals surface area contributed by atoms with Crippen molar-refractivity contribution in [2.45, 2.75) is 6.61 Å². The highest BCUT2D eigenvalue weighted by Crippen LogP contribution is 2.12. The van der Waals surface area contributed by atoms with Crippen LogP contribution in [0.2, 0.25) is 0 Å². The first kappa shape index (κ1) is 9.60. The maximum absolute atomic E-state index is 10.2. The van der Waals surface area contributed by atoms with Crippen LogP contribution in [-0.4, -0.2) is 27.7 Å². The first-order valence-electron chi connectivity index (χ1n) is 4.25. The first-order chi connectivity index (χ1) is 7.25. The number of nitrogens with zero attached hydrogens (tertiary/aromatic N) is 2. The Morgan fingerprint density at radius 3 is 3.20 bits per heavy atom. The number of fused-ring (bicyclic) bond motifs is 1. The summed E-state index contributed by atoms with van der Waals surface area (Å²) in [5.41, 5.74) is 1.05. The van der Waals surface area contributed by atoms with E-state index in [2.05, 4.69) is 9.97 Å². The Morgan fingerprint density at radius 1 is 1.60 bits per heavy atom. The van der Waals surface area contributed by atoms with E-state index in [1.54, 1.807) is 18.3 Å². The van der Waals surface area contributed by atoms with Gasteiger partial charge in [0.1, 0.15) is 13.2 Å². The molecule has 0 atom stereocenters. The standard InChI is InChI=1S/C9H8N2O4/c12-8(13)5-14-4-7-11-9-6(15-7)2-1-3-10-9/h1-3H,4-5H2,(H,12,13). The highest BCUT2D eigenvalue weighted by Gasteiger charge is 2.06.